The van der Waals surface area contributed by atoms with Crippen LogP contribution in [0.4, 0.5) is 18.9 Å². The lowest BCUT2D eigenvalue weighted by Gasteiger charge is -2.30. The molecule has 2 heterocycles. The third-order valence-corrected chi connectivity index (χ3v) is 8.47. The fraction of sp³-hybridized carbons (Fsp3) is 0.310. The summed E-state index contributed by atoms with van der Waals surface area (Å²) in [6, 6.07) is 13.6. The Labute approximate surface area is 246 Å². The van der Waals surface area contributed by atoms with Crippen molar-refractivity contribution in [1.82, 2.24) is 9.29 Å². The highest BCUT2D eigenvalue weighted by atomic mass is 32.2. The predicted octanol–water partition coefficient (Wildman–Crippen LogP) is 4.16. The molecule has 0 bridgehead atoms. The molecule has 43 heavy (non-hydrogen) atoms. The summed E-state index contributed by atoms with van der Waals surface area (Å²) < 4.78 is 83.5. The second kappa shape index (κ2) is 14.0. The predicted molar refractivity (Wildman–Crippen MR) is 149 cm³/mol. The Morgan fingerprint density at radius 3 is 2.44 bits per heavy atom. The van der Waals surface area contributed by atoms with Crippen molar-refractivity contribution in [3.05, 3.63) is 96.0 Å². The number of ether oxygens (including phenoxy) is 3. The molecule has 1 aliphatic rings. The molecule has 2 N–H and O–H groups in total. The van der Waals surface area contributed by atoms with Gasteiger partial charge in [-0.15, -0.1) is 0 Å². The number of halogens is 3. The maximum atomic E-state index is 13.2. The molecule has 0 saturated carbocycles. The van der Waals surface area contributed by atoms with Gasteiger partial charge in [-0.2, -0.15) is 17.5 Å². The molecule has 10 nitrogen and oxygen atoms in total. The Morgan fingerprint density at radius 1 is 1.12 bits per heavy atom. The zero-order valence-corrected chi connectivity index (χ0v) is 23.8. The number of anilines is 1. The smallest absolute Gasteiger partial charge is 0.416 e. The summed E-state index contributed by atoms with van der Waals surface area (Å²) in [5.74, 6) is -0.818. The number of alkyl halides is 3. The Balaban J connectivity index is 1.50. The molecule has 230 valence electrons. The van der Waals surface area contributed by atoms with Crippen molar-refractivity contribution >= 4 is 21.6 Å². The molecule has 14 heteroatoms. The molecule has 1 amide bonds. The van der Waals surface area contributed by atoms with Crippen LogP contribution in [0.25, 0.3) is 0 Å². The van der Waals surface area contributed by atoms with E-state index in [0.29, 0.717) is 17.0 Å². The second-order valence-corrected chi connectivity index (χ2v) is 11.3. The van der Waals surface area contributed by atoms with Crippen molar-refractivity contribution in [2.45, 2.75) is 29.7 Å². The minimum atomic E-state index is -4.50. The molecule has 4 rings (SSSR count). The Hall–Kier alpha value is -3.98. The van der Waals surface area contributed by atoms with Crippen LogP contribution in [0, 0.1) is 0 Å². The van der Waals surface area contributed by atoms with Gasteiger partial charge in [-0.1, -0.05) is 12.1 Å². The molecule has 2 aromatic carbocycles. The Kier molecular flexibility index (Phi) is 10.4. The minimum absolute atomic E-state index is 0.00433. The fourth-order valence-corrected chi connectivity index (χ4v) is 5.76. The maximum Gasteiger partial charge on any atom is 0.416 e. The number of pyridine rings is 1. The van der Waals surface area contributed by atoms with Crippen LogP contribution >= 0.6 is 0 Å². The van der Waals surface area contributed by atoms with Crippen LogP contribution in [0.15, 0.2) is 89.8 Å². The van der Waals surface area contributed by atoms with Crippen LogP contribution in [0.3, 0.4) is 0 Å². The first-order valence-electron chi connectivity index (χ1n) is 13.1. The molecular weight excluding hydrogens is 591 g/mol. The maximum absolute atomic E-state index is 13.2. The number of nitrogens with zero attached hydrogens (tertiary/aromatic N) is 2. The van der Waals surface area contributed by atoms with Gasteiger partial charge in [-0.3, -0.25) is 9.78 Å². The topological polar surface area (TPSA) is 127 Å². The van der Waals surface area contributed by atoms with Crippen LogP contribution in [0.5, 0.6) is 5.75 Å². The first-order chi connectivity index (χ1) is 20.5. The molecule has 0 aliphatic carbocycles. The van der Waals surface area contributed by atoms with E-state index < -0.39 is 46.5 Å². The van der Waals surface area contributed by atoms with Gasteiger partial charge in [0.15, 0.2) is 5.76 Å². The number of hydrogen-bond donors (Lipinski definition) is 2. The van der Waals surface area contributed by atoms with Crippen molar-refractivity contribution in [1.29, 1.82) is 0 Å². The highest BCUT2D eigenvalue weighted by Gasteiger charge is 2.33. The monoisotopic (exact) mass is 621 g/mol. The molecule has 0 fully saturated rings. The first kappa shape index (κ1) is 31.9. The van der Waals surface area contributed by atoms with Gasteiger partial charge in [-0.05, 0) is 60.2 Å². The van der Waals surface area contributed by atoms with Crippen LogP contribution in [0.1, 0.15) is 23.5 Å². The highest BCUT2D eigenvalue weighted by Crippen LogP contribution is 2.35. The van der Waals surface area contributed by atoms with E-state index in [1.165, 1.54) is 62.0 Å². The summed E-state index contributed by atoms with van der Waals surface area (Å²) in [5, 5.41) is 12.2. The van der Waals surface area contributed by atoms with E-state index in [2.05, 4.69) is 10.3 Å². The number of methoxy groups -OCH3 is 1. The molecule has 2 atom stereocenters. The van der Waals surface area contributed by atoms with Gasteiger partial charge >= 0.3 is 6.18 Å². The van der Waals surface area contributed by atoms with E-state index in [9.17, 15) is 31.5 Å². The van der Waals surface area contributed by atoms with Crippen molar-refractivity contribution in [3.63, 3.8) is 0 Å². The van der Waals surface area contributed by atoms with Gasteiger partial charge in [0, 0.05) is 31.6 Å². The van der Waals surface area contributed by atoms with Gasteiger partial charge in [0.05, 0.1) is 42.7 Å². The average Bonchev–Trinajstić information content (AvgIpc) is 3.00. The molecule has 3 aromatic rings. The molecule has 1 aromatic heterocycles. The second-order valence-electron chi connectivity index (χ2n) is 9.41. The molecule has 0 unspecified atom stereocenters. The molecule has 1 aliphatic heterocycles. The third kappa shape index (κ3) is 8.32. The van der Waals surface area contributed by atoms with E-state index in [-0.39, 0.29) is 36.8 Å². The zero-order valence-electron chi connectivity index (χ0n) is 23.0. The summed E-state index contributed by atoms with van der Waals surface area (Å²) in [6.07, 6.45) is -0.934. The first-order valence-corrected chi connectivity index (χ1v) is 14.6. The van der Waals surface area contributed by atoms with Crippen LogP contribution in [0.2, 0.25) is 0 Å². The van der Waals surface area contributed by atoms with Gasteiger partial charge in [0.2, 0.25) is 16.3 Å². The quantitative estimate of drug-likeness (QED) is 0.309. The van der Waals surface area contributed by atoms with E-state index in [1.54, 1.807) is 12.1 Å². The highest BCUT2D eigenvalue weighted by molar-refractivity contribution is 7.89. The number of sulfonamides is 1. The summed E-state index contributed by atoms with van der Waals surface area (Å²) in [6.45, 7) is -0.958. The third-order valence-electron chi connectivity index (χ3n) is 6.56. The lowest BCUT2D eigenvalue weighted by Crippen LogP contribution is -2.37. The van der Waals surface area contributed by atoms with E-state index in [4.69, 9.17) is 14.2 Å². The van der Waals surface area contributed by atoms with Crippen molar-refractivity contribution in [2.24, 2.45) is 0 Å². The summed E-state index contributed by atoms with van der Waals surface area (Å²) in [7, 11) is -2.54. The number of carbonyl (C=O) groups is 1. The number of aromatic nitrogens is 1. The largest absolute Gasteiger partial charge is 0.497 e. The van der Waals surface area contributed by atoms with Crippen LogP contribution < -0.4 is 10.1 Å². The zero-order chi connectivity index (χ0) is 31.0. The normalized spacial score (nSPS) is 17.2. The molecule has 0 spiro atoms. The number of rotatable bonds is 12. The number of amides is 1. The minimum Gasteiger partial charge on any atom is -0.497 e. The Bertz CT molecular complexity index is 1500. The molecular formula is C29H30F3N3O7S. The SMILES string of the molecule is COc1ccc(S(=O)(=O)N(CCO)CCO[C@@H]2C[C@H](c3ccc(C(F)(F)F)cc3)C=C(C(=O)Nc3cccnc3)O2)cc1. The number of aliphatic hydroxyl groups is 1. The summed E-state index contributed by atoms with van der Waals surface area (Å²) in [5.41, 5.74) is 0.0896. The molecule has 0 radical (unpaired) electrons. The van der Waals surface area contributed by atoms with E-state index in [0.717, 1.165) is 16.4 Å². The number of allylic oxidation sites excluding steroid dienone is 1. The fourth-order valence-electron chi connectivity index (χ4n) is 4.35. The van der Waals surface area contributed by atoms with Gasteiger partial charge in [0.25, 0.3) is 5.91 Å². The average molecular weight is 622 g/mol. The Morgan fingerprint density at radius 2 is 1.84 bits per heavy atom. The number of aliphatic hydroxyl groups excluding tert-OH is 1. The van der Waals surface area contributed by atoms with Crippen molar-refractivity contribution in [3.8, 4) is 5.75 Å². The number of hydrogen-bond acceptors (Lipinski definition) is 8. The van der Waals surface area contributed by atoms with Crippen LogP contribution in [-0.2, 0) is 30.5 Å². The lowest BCUT2D eigenvalue weighted by molar-refractivity contribution is -0.143. The van der Waals surface area contributed by atoms with Crippen molar-refractivity contribution in [2.75, 3.05) is 38.7 Å². The van der Waals surface area contributed by atoms with Gasteiger partial charge < -0.3 is 24.6 Å². The van der Waals surface area contributed by atoms with Crippen LogP contribution in [-0.4, -0.2) is 68.4 Å². The molecule has 0 saturated heterocycles. The number of carbonyl (C=O) groups excluding carboxylic acids is 1. The standard InChI is InChI=1S/C29H30F3N3O7S/c1-40-24-8-10-25(11-9-24)43(38,39)35(13-15-36)14-16-41-27-18-21(20-4-6-22(7-5-20)29(30,31)32)17-26(42-27)28(37)34-23-3-2-12-33-19-23/h2-12,17,19,21,27,36H,13-16,18H2,1H3,(H,34,37)/t21-,27+/m1/s1. The van der Waals surface area contributed by atoms with E-state index >= 15 is 0 Å². The number of benzene rings is 2. The summed E-state index contributed by atoms with van der Waals surface area (Å²) >= 11 is 0. The van der Waals surface area contributed by atoms with Crippen molar-refractivity contribution < 1.29 is 45.7 Å². The van der Waals surface area contributed by atoms with Gasteiger partial charge in [0.1, 0.15) is 5.75 Å². The number of nitrogens with one attached hydrogen (secondary N) is 1. The summed E-state index contributed by atoms with van der Waals surface area (Å²) in [4.78, 5) is 17.0. The van der Waals surface area contributed by atoms with Gasteiger partial charge in [-0.25, -0.2) is 8.42 Å². The van der Waals surface area contributed by atoms with E-state index in [1.807, 2.05) is 0 Å². The lowest BCUT2D eigenvalue weighted by atomic mass is 9.92.